The quantitative estimate of drug-likeness (QED) is 0.601. The molecule has 4 atom stereocenters. The molecule has 3 rings (SSSR count). The van der Waals surface area contributed by atoms with Crippen LogP contribution in [0.15, 0.2) is 0 Å². The summed E-state index contributed by atoms with van der Waals surface area (Å²) >= 11 is 0. The van der Waals surface area contributed by atoms with Crippen molar-refractivity contribution in [1.82, 2.24) is 0 Å². The minimum absolute atomic E-state index is 0.389. The molecule has 2 heterocycles. The van der Waals surface area contributed by atoms with Crippen LogP contribution in [0, 0.1) is 21.7 Å². The van der Waals surface area contributed by atoms with Gasteiger partial charge in [0.2, 0.25) is 0 Å². The van der Waals surface area contributed by atoms with E-state index >= 15 is 0 Å². The highest BCUT2D eigenvalue weighted by molar-refractivity contribution is 5.33. The highest BCUT2D eigenvalue weighted by Gasteiger charge is 2.86. The van der Waals surface area contributed by atoms with Gasteiger partial charge in [-0.1, -0.05) is 41.5 Å². The molecule has 0 aromatic rings. The molecule has 3 aliphatic rings. The number of hydrogen-bond donors (Lipinski definition) is 0. The molecule has 2 unspecified atom stereocenters. The van der Waals surface area contributed by atoms with Crippen molar-refractivity contribution in [1.29, 1.82) is 0 Å². The Morgan fingerprint density at radius 3 is 1.50 bits per heavy atom. The van der Waals surface area contributed by atoms with Crippen molar-refractivity contribution in [2.75, 3.05) is 0 Å². The van der Waals surface area contributed by atoms with Crippen molar-refractivity contribution in [3.63, 3.8) is 0 Å². The topological polar surface area (TPSA) is 9.23 Å². The molecule has 1 saturated carbocycles. The molecule has 0 spiro atoms. The first-order valence-electron chi connectivity index (χ1n) is 6.82. The fourth-order valence-electron chi connectivity index (χ4n) is 5.39. The maximum atomic E-state index is 6.29. The van der Waals surface area contributed by atoms with Crippen molar-refractivity contribution >= 4 is 0 Å². The van der Waals surface area contributed by atoms with Gasteiger partial charge in [0.1, 0.15) is 0 Å². The van der Waals surface area contributed by atoms with Crippen LogP contribution >= 0.6 is 0 Å². The van der Waals surface area contributed by atoms with Gasteiger partial charge in [0.05, 0.1) is 12.2 Å². The number of fused-ring (bicyclic) bond motifs is 5. The van der Waals surface area contributed by atoms with Crippen LogP contribution in [0.5, 0.6) is 0 Å². The molecule has 1 heteroatoms. The lowest BCUT2D eigenvalue weighted by atomic mass is 9.59. The number of rotatable bonds is 0. The van der Waals surface area contributed by atoms with Crippen molar-refractivity contribution in [2.24, 2.45) is 21.7 Å². The molecule has 1 aliphatic carbocycles. The van der Waals surface area contributed by atoms with Gasteiger partial charge in [0.15, 0.2) is 0 Å². The second-order valence-corrected chi connectivity index (χ2v) is 8.31. The first-order valence-corrected chi connectivity index (χ1v) is 6.82. The van der Waals surface area contributed by atoms with Gasteiger partial charge >= 0.3 is 0 Å². The summed E-state index contributed by atoms with van der Waals surface area (Å²) in [5, 5.41) is 0. The molecule has 1 nitrogen and oxygen atoms in total. The predicted octanol–water partition coefficient (Wildman–Crippen LogP) is 4.02. The molecule has 16 heavy (non-hydrogen) atoms. The molecule has 0 N–H and O–H groups in total. The lowest BCUT2D eigenvalue weighted by Crippen LogP contribution is -2.42. The Bertz CT molecular complexity index is 300. The van der Waals surface area contributed by atoms with Crippen molar-refractivity contribution in [2.45, 2.75) is 73.0 Å². The van der Waals surface area contributed by atoms with Crippen LogP contribution in [0.2, 0.25) is 0 Å². The third kappa shape index (κ3) is 0.868. The zero-order valence-electron chi connectivity index (χ0n) is 11.7. The van der Waals surface area contributed by atoms with E-state index in [0.29, 0.717) is 33.9 Å². The Hall–Kier alpha value is -0.0400. The Kier molecular flexibility index (Phi) is 1.75. The van der Waals surface area contributed by atoms with Gasteiger partial charge in [-0.3, -0.25) is 0 Å². The van der Waals surface area contributed by atoms with Crippen molar-refractivity contribution < 1.29 is 4.74 Å². The van der Waals surface area contributed by atoms with Crippen LogP contribution in [0.25, 0.3) is 0 Å². The van der Waals surface area contributed by atoms with Gasteiger partial charge in [-0.25, -0.2) is 0 Å². The largest absolute Gasteiger partial charge is 0.374 e. The average Bonchev–Trinajstić information content (AvgIpc) is 2.56. The maximum Gasteiger partial charge on any atom is 0.0648 e. The van der Waals surface area contributed by atoms with E-state index in [9.17, 15) is 0 Å². The van der Waals surface area contributed by atoms with E-state index in [1.165, 1.54) is 19.3 Å². The van der Waals surface area contributed by atoms with E-state index in [0.717, 1.165) is 0 Å². The Morgan fingerprint density at radius 2 is 1.19 bits per heavy atom. The van der Waals surface area contributed by atoms with Gasteiger partial charge in [0, 0.05) is 10.8 Å². The van der Waals surface area contributed by atoms with Gasteiger partial charge in [-0.05, 0) is 30.1 Å². The van der Waals surface area contributed by atoms with Crippen molar-refractivity contribution in [3.05, 3.63) is 0 Å². The maximum absolute atomic E-state index is 6.29. The molecular weight excluding hydrogens is 196 g/mol. The normalized spacial score (nSPS) is 50.6. The van der Waals surface area contributed by atoms with E-state index in [-0.39, 0.29) is 0 Å². The summed E-state index contributed by atoms with van der Waals surface area (Å²) in [6.45, 7) is 14.5. The average molecular weight is 222 g/mol. The summed E-state index contributed by atoms with van der Waals surface area (Å²) in [6, 6.07) is 0. The zero-order chi connectivity index (χ0) is 12.0. The molecule has 0 aromatic carbocycles. The van der Waals surface area contributed by atoms with E-state index in [1.807, 2.05) is 0 Å². The van der Waals surface area contributed by atoms with E-state index in [1.54, 1.807) is 0 Å². The first-order chi connectivity index (χ1) is 7.17. The summed E-state index contributed by atoms with van der Waals surface area (Å²) in [5.41, 5.74) is 1.72. The summed E-state index contributed by atoms with van der Waals surface area (Å²) in [4.78, 5) is 0. The molecule has 0 radical (unpaired) electrons. The summed E-state index contributed by atoms with van der Waals surface area (Å²) in [7, 11) is 0. The van der Waals surface area contributed by atoms with Crippen LogP contribution in [0.1, 0.15) is 60.8 Å². The summed E-state index contributed by atoms with van der Waals surface area (Å²) in [6.07, 6.45) is 5.12. The summed E-state index contributed by atoms with van der Waals surface area (Å²) < 4.78 is 6.29. The highest BCUT2D eigenvalue weighted by atomic mass is 16.5. The minimum Gasteiger partial charge on any atom is -0.374 e. The third-order valence-corrected chi connectivity index (χ3v) is 6.02. The van der Waals surface area contributed by atoms with Crippen LogP contribution in [-0.4, -0.2) is 12.2 Å². The molecule has 2 aliphatic heterocycles. The molecule has 0 aromatic heterocycles. The first kappa shape index (κ1) is 11.1. The molecule has 0 amide bonds. The zero-order valence-corrected chi connectivity index (χ0v) is 11.7. The van der Waals surface area contributed by atoms with E-state index < -0.39 is 0 Å². The van der Waals surface area contributed by atoms with E-state index in [2.05, 4.69) is 41.5 Å². The molecule has 3 fully saturated rings. The predicted molar refractivity (Wildman–Crippen MR) is 66.3 cm³/mol. The smallest absolute Gasteiger partial charge is 0.0648 e. The lowest BCUT2D eigenvalue weighted by molar-refractivity contribution is 0.0164. The van der Waals surface area contributed by atoms with Gasteiger partial charge in [0.25, 0.3) is 0 Å². The fraction of sp³-hybridized carbons (Fsp3) is 1.00. The van der Waals surface area contributed by atoms with Crippen LogP contribution < -0.4 is 0 Å². The Balaban J connectivity index is 2.10. The van der Waals surface area contributed by atoms with Crippen molar-refractivity contribution in [3.8, 4) is 0 Å². The molecular formula is C15H26O. The highest BCUT2D eigenvalue weighted by Crippen LogP contribution is 2.87. The third-order valence-electron chi connectivity index (χ3n) is 6.02. The standard InChI is InChI=1S/C15H26O/c1-12(2,3)14-9-15(14,13(4,5)6)11-8-7-10(14)16-11/h10-11H,7-9H2,1-6H3/t10-,11+,14?,15?. The molecule has 2 saturated heterocycles. The van der Waals surface area contributed by atoms with Gasteiger partial charge < -0.3 is 4.74 Å². The Labute approximate surface area is 99.9 Å². The van der Waals surface area contributed by atoms with Gasteiger partial charge in [-0.2, -0.15) is 0 Å². The lowest BCUT2D eigenvalue weighted by Gasteiger charge is -2.43. The second-order valence-electron chi connectivity index (χ2n) is 8.31. The summed E-state index contributed by atoms with van der Waals surface area (Å²) in [5.74, 6) is 0. The Morgan fingerprint density at radius 1 is 0.812 bits per heavy atom. The fourth-order valence-corrected chi connectivity index (χ4v) is 5.39. The SMILES string of the molecule is CC(C)(C)C12CC1(C(C)(C)C)[C@H]1CC[C@@H]2O1. The number of hydrogen-bond acceptors (Lipinski definition) is 1. The number of ether oxygens (including phenoxy) is 1. The second kappa shape index (κ2) is 2.53. The van der Waals surface area contributed by atoms with E-state index in [4.69, 9.17) is 4.74 Å². The minimum atomic E-state index is 0.389. The molecule has 2 bridgehead atoms. The van der Waals surface area contributed by atoms with Crippen LogP contribution in [0.4, 0.5) is 0 Å². The monoisotopic (exact) mass is 222 g/mol. The van der Waals surface area contributed by atoms with Crippen LogP contribution in [-0.2, 0) is 4.74 Å². The molecule has 92 valence electrons. The van der Waals surface area contributed by atoms with Gasteiger partial charge in [-0.15, -0.1) is 0 Å². The van der Waals surface area contributed by atoms with Crippen LogP contribution in [0.3, 0.4) is 0 Å².